The molecule has 6 nitrogen and oxygen atoms in total. The van der Waals surface area contributed by atoms with Gasteiger partial charge in [0.05, 0.1) is 17.0 Å². The predicted octanol–water partition coefficient (Wildman–Crippen LogP) is 2.77. The lowest BCUT2D eigenvalue weighted by Crippen LogP contribution is -2.37. The molecule has 2 amide bonds. The van der Waals surface area contributed by atoms with Crippen molar-refractivity contribution in [3.05, 3.63) is 58.8 Å². The van der Waals surface area contributed by atoms with Crippen molar-refractivity contribution < 1.29 is 14.0 Å². The number of rotatable bonds is 3. The normalized spacial score (nSPS) is 15.6. The molecule has 7 heteroatoms. The number of halogens is 1. The molecular formula is C20H23FN4O2. The summed E-state index contributed by atoms with van der Waals surface area (Å²) in [4.78, 5) is 27.3. The summed E-state index contributed by atoms with van der Waals surface area (Å²) in [6.07, 6.45) is 1.58. The molecule has 27 heavy (non-hydrogen) atoms. The first kappa shape index (κ1) is 18.8. The van der Waals surface area contributed by atoms with Gasteiger partial charge in [-0.25, -0.2) is 4.39 Å². The molecule has 2 N–H and O–H groups in total. The number of benzene rings is 1. The van der Waals surface area contributed by atoms with E-state index in [4.69, 9.17) is 0 Å². The summed E-state index contributed by atoms with van der Waals surface area (Å²) in [5.41, 5.74) is 2.52. The molecule has 0 radical (unpaired) electrons. The maximum Gasteiger partial charge on any atom is 0.257 e. The van der Waals surface area contributed by atoms with Gasteiger partial charge in [-0.2, -0.15) is 5.10 Å². The van der Waals surface area contributed by atoms with Gasteiger partial charge in [0, 0.05) is 35.8 Å². The molecule has 1 aromatic heterocycles. The molecule has 3 rings (SSSR count). The Hall–Kier alpha value is -2.96. The van der Waals surface area contributed by atoms with E-state index in [1.807, 2.05) is 27.7 Å². The Labute approximate surface area is 157 Å². The van der Waals surface area contributed by atoms with Crippen molar-refractivity contribution in [2.75, 3.05) is 13.1 Å². The lowest BCUT2D eigenvalue weighted by molar-refractivity contribution is -0.115. The quantitative estimate of drug-likeness (QED) is 0.872. The van der Waals surface area contributed by atoms with Crippen LogP contribution in [0.25, 0.3) is 5.57 Å². The second kappa shape index (κ2) is 6.98. The minimum atomic E-state index is -0.461. The van der Waals surface area contributed by atoms with E-state index in [1.165, 1.54) is 29.2 Å². The van der Waals surface area contributed by atoms with E-state index in [-0.39, 0.29) is 11.8 Å². The second-order valence-electron chi connectivity index (χ2n) is 7.29. The molecule has 0 fully saturated rings. The van der Waals surface area contributed by atoms with Crippen molar-refractivity contribution in [2.24, 2.45) is 0 Å². The van der Waals surface area contributed by atoms with E-state index >= 15 is 0 Å². The summed E-state index contributed by atoms with van der Waals surface area (Å²) >= 11 is 0. The fourth-order valence-corrected chi connectivity index (χ4v) is 3.34. The van der Waals surface area contributed by atoms with Crippen molar-refractivity contribution in [2.45, 2.75) is 33.1 Å². The van der Waals surface area contributed by atoms with E-state index in [0.717, 1.165) is 11.3 Å². The lowest BCUT2D eigenvalue weighted by atomic mass is 9.85. The van der Waals surface area contributed by atoms with Crippen molar-refractivity contribution in [3.8, 4) is 0 Å². The van der Waals surface area contributed by atoms with E-state index in [9.17, 15) is 14.0 Å². The fourth-order valence-electron chi connectivity index (χ4n) is 3.34. The number of carbonyl (C=O) groups is 2. The number of fused-ring (bicyclic) bond motifs is 1. The number of aryl methyl sites for hydroxylation is 1. The summed E-state index contributed by atoms with van der Waals surface area (Å²) in [6, 6.07) is 5.39. The van der Waals surface area contributed by atoms with E-state index in [2.05, 4.69) is 15.5 Å². The predicted molar refractivity (Wildman–Crippen MR) is 100 cm³/mol. The van der Waals surface area contributed by atoms with Crippen molar-refractivity contribution in [1.82, 2.24) is 20.4 Å². The molecule has 0 saturated heterocycles. The van der Waals surface area contributed by atoms with Gasteiger partial charge in [-0.15, -0.1) is 0 Å². The van der Waals surface area contributed by atoms with Crippen molar-refractivity contribution in [1.29, 1.82) is 0 Å². The van der Waals surface area contributed by atoms with Crippen LogP contribution in [-0.4, -0.2) is 40.0 Å². The minimum absolute atomic E-state index is 0.266. The third-order valence-electron chi connectivity index (χ3n) is 4.68. The Balaban J connectivity index is 2.11. The smallest absolute Gasteiger partial charge is 0.257 e. The maximum atomic E-state index is 13.2. The number of amides is 2. The van der Waals surface area contributed by atoms with E-state index in [0.29, 0.717) is 29.9 Å². The minimum Gasteiger partial charge on any atom is -0.352 e. The highest BCUT2D eigenvalue weighted by atomic mass is 19.1. The molecule has 1 aromatic carbocycles. The van der Waals surface area contributed by atoms with Crippen LogP contribution in [-0.2, 0) is 10.2 Å². The van der Waals surface area contributed by atoms with Gasteiger partial charge in [-0.1, -0.05) is 13.8 Å². The Bertz CT molecular complexity index is 913. The molecule has 142 valence electrons. The topological polar surface area (TPSA) is 78.1 Å². The van der Waals surface area contributed by atoms with E-state index in [1.54, 1.807) is 6.20 Å². The highest BCUT2D eigenvalue weighted by Crippen LogP contribution is 2.35. The van der Waals surface area contributed by atoms with Crippen LogP contribution in [0.2, 0.25) is 0 Å². The van der Waals surface area contributed by atoms with Crippen LogP contribution in [0.1, 0.15) is 48.1 Å². The van der Waals surface area contributed by atoms with Crippen LogP contribution < -0.4 is 5.32 Å². The molecule has 2 heterocycles. The number of carbonyl (C=O) groups excluding carboxylic acids is 2. The van der Waals surface area contributed by atoms with Gasteiger partial charge in [-0.3, -0.25) is 14.7 Å². The molecule has 1 aliphatic heterocycles. The van der Waals surface area contributed by atoms with E-state index < -0.39 is 11.2 Å². The highest BCUT2D eigenvalue weighted by Gasteiger charge is 2.36. The van der Waals surface area contributed by atoms with Gasteiger partial charge in [0.15, 0.2) is 0 Å². The molecule has 0 aliphatic carbocycles. The number of nitrogens with one attached hydrogen (secondary N) is 2. The van der Waals surface area contributed by atoms with Crippen molar-refractivity contribution in [3.63, 3.8) is 0 Å². The average Bonchev–Trinajstić information content (AvgIpc) is 2.95. The SMILES string of the molecule is CCNC(=O)C1=CN(C(=O)c2ccc(F)cc2)CC(C)(C)c2[nH]nc(C)c21. The monoisotopic (exact) mass is 370 g/mol. The standard InChI is InChI=1S/C20H23FN4O2/c1-5-22-18(26)15-10-25(19(27)13-6-8-14(21)9-7-13)11-20(3,4)17-16(15)12(2)23-24-17/h6-10H,5,11H2,1-4H3,(H,22,26)(H,23,24). The molecule has 1 aliphatic rings. The first-order valence-electron chi connectivity index (χ1n) is 8.87. The van der Waals surface area contributed by atoms with Gasteiger partial charge >= 0.3 is 0 Å². The number of likely N-dealkylation sites (N-methyl/N-ethyl adjacent to an activating group) is 1. The second-order valence-corrected chi connectivity index (χ2v) is 7.29. The van der Waals surface area contributed by atoms with Crippen LogP contribution in [0.5, 0.6) is 0 Å². The first-order valence-corrected chi connectivity index (χ1v) is 8.87. The lowest BCUT2D eigenvalue weighted by Gasteiger charge is -2.28. The Morgan fingerprint density at radius 1 is 1.30 bits per heavy atom. The summed E-state index contributed by atoms with van der Waals surface area (Å²) in [5.74, 6) is -0.962. The molecule has 0 saturated carbocycles. The largest absolute Gasteiger partial charge is 0.352 e. The van der Waals surface area contributed by atoms with Gasteiger partial charge < -0.3 is 10.2 Å². The third-order valence-corrected chi connectivity index (χ3v) is 4.68. The fraction of sp³-hybridized carbons (Fsp3) is 0.350. The Kier molecular flexibility index (Phi) is 4.87. The van der Waals surface area contributed by atoms with Gasteiger partial charge in [0.1, 0.15) is 5.82 Å². The number of hydrogen-bond donors (Lipinski definition) is 2. The summed E-state index contributed by atoms with van der Waals surface area (Å²) in [6.45, 7) is 8.46. The zero-order valence-corrected chi connectivity index (χ0v) is 15.9. The molecule has 2 aromatic rings. The molecule has 0 spiro atoms. The van der Waals surface area contributed by atoms with Crippen LogP contribution in [0.4, 0.5) is 4.39 Å². The van der Waals surface area contributed by atoms with Gasteiger partial charge in [0.2, 0.25) is 0 Å². The zero-order chi connectivity index (χ0) is 19.8. The Morgan fingerprint density at radius 2 is 1.96 bits per heavy atom. The summed E-state index contributed by atoms with van der Waals surface area (Å²) < 4.78 is 13.2. The van der Waals surface area contributed by atoms with Crippen LogP contribution in [0.3, 0.4) is 0 Å². The number of aromatic amines is 1. The average molecular weight is 370 g/mol. The molecular weight excluding hydrogens is 347 g/mol. The highest BCUT2D eigenvalue weighted by molar-refractivity contribution is 6.20. The third kappa shape index (κ3) is 3.49. The van der Waals surface area contributed by atoms with Gasteiger partial charge in [-0.05, 0) is 38.1 Å². The summed E-state index contributed by atoms with van der Waals surface area (Å²) in [7, 11) is 0. The molecule has 0 atom stereocenters. The molecule has 0 unspecified atom stereocenters. The summed E-state index contributed by atoms with van der Waals surface area (Å²) in [5, 5.41) is 10.1. The van der Waals surface area contributed by atoms with Gasteiger partial charge in [0.25, 0.3) is 11.8 Å². The van der Waals surface area contributed by atoms with Crippen LogP contribution >= 0.6 is 0 Å². The number of nitrogens with zero attached hydrogens (tertiary/aromatic N) is 2. The van der Waals surface area contributed by atoms with Crippen LogP contribution in [0.15, 0.2) is 30.5 Å². The number of hydrogen-bond acceptors (Lipinski definition) is 3. The maximum absolute atomic E-state index is 13.2. The van der Waals surface area contributed by atoms with Crippen LogP contribution in [0, 0.1) is 12.7 Å². The number of aromatic nitrogens is 2. The zero-order valence-electron chi connectivity index (χ0n) is 15.9. The first-order chi connectivity index (χ1) is 12.7. The molecule has 0 bridgehead atoms. The van der Waals surface area contributed by atoms with Crippen molar-refractivity contribution >= 4 is 17.4 Å². The number of H-pyrrole nitrogens is 1. The Morgan fingerprint density at radius 3 is 2.59 bits per heavy atom.